The lowest BCUT2D eigenvalue weighted by Gasteiger charge is -2.14. The van der Waals surface area contributed by atoms with Crippen molar-refractivity contribution in [3.8, 4) is 0 Å². The van der Waals surface area contributed by atoms with Gasteiger partial charge in [-0.1, -0.05) is 30.7 Å². The molecule has 1 aromatic heterocycles. The van der Waals surface area contributed by atoms with Crippen LogP contribution in [0.25, 0.3) is 0 Å². The Morgan fingerprint density at radius 1 is 1.22 bits per heavy atom. The van der Waals surface area contributed by atoms with Crippen LogP contribution < -0.4 is 0 Å². The van der Waals surface area contributed by atoms with Gasteiger partial charge in [0, 0.05) is 10.6 Å². The highest BCUT2D eigenvalue weighted by Crippen LogP contribution is 2.25. The Bertz CT molecular complexity index is 540. The summed E-state index contributed by atoms with van der Waals surface area (Å²) in [6.45, 7) is 3.86. The number of rotatable bonds is 3. The van der Waals surface area contributed by atoms with E-state index in [0.29, 0.717) is 5.02 Å². The number of benzene rings is 1. The van der Waals surface area contributed by atoms with Crippen molar-refractivity contribution in [3.05, 3.63) is 57.9 Å². The molecular weight excluding hydrogens is 248 g/mol. The highest BCUT2D eigenvalue weighted by molar-refractivity contribution is 6.30. The third kappa shape index (κ3) is 2.68. The van der Waals surface area contributed by atoms with Crippen LogP contribution in [0, 0.1) is 6.92 Å². The monoisotopic (exact) mass is 262 g/mol. The van der Waals surface area contributed by atoms with Crippen LogP contribution in [0.4, 0.5) is 0 Å². The topological polar surface area (TPSA) is 46.0 Å². The number of aryl methyl sites for hydroxylation is 2. The van der Waals surface area contributed by atoms with Gasteiger partial charge < -0.3 is 5.11 Å². The number of aliphatic hydroxyl groups excluding tert-OH is 1. The summed E-state index contributed by atoms with van der Waals surface area (Å²) < 4.78 is 0. The zero-order valence-corrected chi connectivity index (χ0v) is 11.1. The third-order valence-corrected chi connectivity index (χ3v) is 3.09. The third-order valence-electron chi connectivity index (χ3n) is 2.84. The first-order chi connectivity index (χ1) is 8.61. The van der Waals surface area contributed by atoms with Gasteiger partial charge in [0.2, 0.25) is 0 Å². The van der Waals surface area contributed by atoms with Crippen molar-refractivity contribution in [2.75, 3.05) is 0 Å². The molecule has 1 N–H and O–H groups in total. The fourth-order valence-corrected chi connectivity index (χ4v) is 2.00. The van der Waals surface area contributed by atoms with Gasteiger partial charge in [-0.2, -0.15) is 10.2 Å². The minimum absolute atomic E-state index is 0.658. The van der Waals surface area contributed by atoms with Gasteiger partial charge in [-0.15, -0.1) is 0 Å². The lowest BCUT2D eigenvalue weighted by Crippen LogP contribution is -2.07. The largest absolute Gasteiger partial charge is 0.384 e. The molecule has 0 radical (unpaired) electrons. The molecule has 0 saturated heterocycles. The van der Waals surface area contributed by atoms with Crippen molar-refractivity contribution in [3.63, 3.8) is 0 Å². The summed E-state index contributed by atoms with van der Waals surface area (Å²) in [5.41, 5.74) is 3.24. The first-order valence-corrected chi connectivity index (χ1v) is 6.26. The second-order valence-corrected chi connectivity index (χ2v) is 4.63. The van der Waals surface area contributed by atoms with Crippen LogP contribution >= 0.6 is 11.6 Å². The molecule has 4 heteroatoms. The minimum Gasteiger partial charge on any atom is -0.384 e. The molecule has 1 aromatic carbocycles. The van der Waals surface area contributed by atoms with Gasteiger partial charge in [0.05, 0.1) is 11.4 Å². The average molecular weight is 263 g/mol. The summed E-state index contributed by atoms with van der Waals surface area (Å²) in [5.74, 6) is 0. The fraction of sp³-hybridized carbons (Fsp3) is 0.286. The van der Waals surface area contributed by atoms with E-state index < -0.39 is 6.10 Å². The van der Waals surface area contributed by atoms with E-state index in [1.54, 1.807) is 12.1 Å². The Labute approximate surface area is 111 Å². The van der Waals surface area contributed by atoms with E-state index in [1.807, 2.05) is 32.0 Å². The first-order valence-electron chi connectivity index (χ1n) is 5.88. The molecule has 0 aliphatic heterocycles. The number of aromatic nitrogens is 2. The SMILES string of the molecule is CCc1nnc(C)cc1C(O)c1ccc(Cl)cc1. The van der Waals surface area contributed by atoms with Gasteiger partial charge >= 0.3 is 0 Å². The number of halogens is 1. The van der Waals surface area contributed by atoms with E-state index in [0.717, 1.165) is 28.9 Å². The van der Waals surface area contributed by atoms with E-state index in [-0.39, 0.29) is 0 Å². The highest BCUT2D eigenvalue weighted by Gasteiger charge is 2.15. The van der Waals surface area contributed by atoms with Crippen molar-refractivity contribution in [2.45, 2.75) is 26.4 Å². The zero-order chi connectivity index (χ0) is 13.1. The van der Waals surface area contributed by atoms with Gasteiger partial charge in [-0.25, -0.2) is 0 Å². The van der Waals surface area contributed by atoms with Crippen molar-refractivity contribution in [1.82, 2.24) is 10.2 Å². The molecule has 0 amide bonds. The molecule has 0 aliphatic rings. The summed E-state index contributed by atoms with van der Waals surface area (Å²) in [4.78, 5) is 0. The summed E-state index contributed by atoms with van der Waals surface area (Å²) in [5, 5.41) is 19.2. The molecule has 1 heterocycles. The van der Waals surface area contributed by atoms with Gasteiger partial charge in [-0.05, 0) is 37.1 Å². The Morgan fingerprint density at radius 3 is 2.50 bits per heavy atom. The molecule has 0 fully saturated rings. The normalized spacial score (nSPS) is 12.4. The van der Waals surface area contributed by atoms with E-state index in [1.165, 1.54) is 0 Å². The van der Waals surface area contributed by atoms with E-state index >= 15 is 0 Å². The van der Waals surface area contributed by atoms with Crippen molar-refractivity contribution < 1.29 is 5.11 Å². The molecule has 94 valence electrons. The quantitative estimate of drug-likeness (QED) is 0.925. The summed E-state index contributed by atoms with van der Waals surface area (Å²) >= 11 is 5.84. The van der Waals surface area contributed by atoms with Crippen molar-refractivity contribution in [2.24, 2.45) is 0 Å². The summed E-state index contributed by atoms with van der Waals surface area (Å²) in [7, 11) is 0. The summed E-state index contributed by atoms with van der Waals surface area (Å²) in [6.07, 6.45) is 0.0548. The average Bonchev–Trinajstić information content (AvgIpc) is 2.39. The molecule has 0 spiro atoms. The molecule has 18 heavy (non-hydrogen) atoms. The number of hydrogen-bond acceptors (Lipinski definition) is 3. The molecule has 2 aromatic rings. The highest BCUT2D eigenvalue weighted by atomic mass is 35.5. The van der Waals surface area contributed by atoms with Gasteiger partial charge in [0.15, 0.2) is 0 Å². The molecular formula is C14H15ClN2O. The van der Waals surface area contributed by atoms with Gasteiger partial charge in [-0.3, -0.25) is 0 Å². The molecule has 1 atom stereocenters. The standard InChI is InChI=1S/C14H15ClN2O/c1-3-13-12(8-9(2)16-17-13)14(18)10-4-6-11(15)7-5-10/h4-8,14,18H,3H2,1-2H3. The van der Waals surface area contributed by atoms with Crippen molar-refractivity contribution in [1.29, 1.82) is 0 Å². The Hall–Kier alpha value is -1.45. The zero-order valence-electron chi connectivity index (χ0n) is 10.4. The Morgan fingerprint density at radius 2 is 1.89 bits per heavy atom. The van der Waals surface area contributed by atoms with Crippen LogP contribution in [-0.4, -0.2) is 15.3 Å². The second-order valence-electron chi connectivity index (χ2n) is 4.20. The fourth-order valence-electron chi connectivity index (χ4n) is 1.87. The van der Waals surface area contributed by atoms with Crippen LogP contribution in [0.1, 0.15) is 35.5 Å². The molecule has 1 unspecified atom stereocenters. The minimum atomic E-state index is -0.689. The van der Waals surface area contributed by atoms with Crippen LogP contribution in [0.5, 0.6) is 0 Å². The lowest BCUT2D eigenvalue weighted by atomic mass is 9.99. The predicted octanol–water partition coefficient (Wildman–Crippen LogP) is 3.08. The number of hydrogen-bond donors (Lipinski definition) is 1. The molecule has 0 saturated carbocycles. The van der Waals surface area contributed by atoms with E-state index in [2.05, 4.69) is 10.2 Å². The smallest absolute Gasteiger partial charge is 0.106 e. The first kappa shape index (κ1) is 13.0. The predicted molar refractivity (Wildman–Crippen MR) is 71.7 cm³/mol. The molecule has 0 aliphatic carbocycles. The van der Waals surface area contributed by atoms with E-state index in [4.69, 9.17) is 11.6 Å². The van der Waals surface area contributed by atoms with E-state index in [9.17, 15) is 5.11 Å². The molecule has 2 rings (SSSR count). The van der Waals surface area contributed by atoms with Crippen LogP contribution in [-0.2, 0) is 6.42 Å². The second kappa shape index (κ2) is 5.46. The Balaban J connectivity index is 2.41. The lowest BCUT2D eigenvalue weighted by molar-refractivity contribution is 0.218. The van der Waals surface area contributed by atoms with Gasteiger partial charge in [0.1, 0.15) is 6.10 Å². The molecule has 3 nitrogen and oxygen atoms in total. The number of aliphatic hydroxyl groups is 1. The molecule has 0 bridgehead atoms. The maximum absolute atomic E-state index is 10.4. The van der Waals surface area contributed by atoms with Crippen LogP contribution in [0.15, 0.2) is 30.3 Å². The summed E-state index contributed by atoms with van der Waals surface area (Å²) in [6, 6.07) is 9.07. The van der Waals surface area contributed by atoms with Crippen molar-refractivity contribution >= 4 is 11.6 Å². The van der Waals surface area contributed by atoms with Crippen LogP contribution in [0.3, 0.4) is 0 Å². The van der Waals surface area contributed by atoms with Gasteiger partial charge in [0.25, 0.3) is 0 Å². The Kier molecular flexibility index (Phi) is 3.94. The maximum atomic E-state index is 10.4. The van der Waals surface area contributed by atoms with Crippen LogP contribution in [0.2, 0.25) is 5.02 Å². The number of nitrogens with zero attached hydrogens (tertiary/aromatic N) is 2. The maximum Gasteiger partial charge on any atom is 0.106 e.